The lowest BCUT2D eigenvalue weighted by atomic mass is 10.1. The second-order valence-corrected chi connectivity index (χ2v) is 4.57. The highest BCUT2D eigenvalue weighted by Crippen LogP contribution is 2.19. The van der Waals surface area contributed by atoms with Crippen LogP contribution in [-0.4, -0.2) is 17.4 Å². The number of alkyl halides is 1. The number of amides is 1. The fourth-order valence-electron chi connectivity index (χ4n) is 1.72. The third-order valence-corrected chi connectivity index (χ3v) is 3.18. The lowest BCUT2D eigenvalue weighted by Crippen LogP contribution is -2.29. The van der Waals surface area contributed by atoms with Crippen molar-refractivity contribution in [2.24, 2.45) is 0 Å². The molecule has 19 heavy (non-hydrogen) atoms. The number of pyridine rings is 1. The first-order chi connectivity index (χ1) is 9.27. The molecule has 2 aromatic rings. The van der Waals surface area contributed by atoms with Crippen molar-refractivity contribution in [3.05, 3.63) is 66.0 Å². The average molecular weight is 275 g/mol. The second kappa shape index (κ2) is 6.90. The molecule has 0 bridgehead atoms. The van der Waals surface area contributed by atoms with Crippen molar-refractivity contribution in [2.45, 2.75) is 11.8 Å². The van der Waals surface area contributed by atoms with Crippen LogP contribution in [0.25, 0.3) is 0 Å². The number of aromatic nitrogens is 1. The number of halogens is 1. The lowest BCUT2D eigenvalue weighted by molar-refractivity contribution is -0.120. The molecule has 1 aromatic carbocycles. The standard InChI is InChI=1S/C15H15ClN2O/c16-14(12-6-2-1-3-7-12)15(19)18-11-9-13-8-4-5-10-17-13/h1-8,10,14H,9,11H2,(H,18,19). The predicted molar refractivity (Wildman–Crippen MR) is 76.0 cm³/mol. The molecule has 0 aliphatic heterocycles. The van der Waals surface area contributed by atoms with E-state index in [1.54, 1.807) is 6.20 Å². The number of nitrogens with one attached hydrogen (secondary N) is 1. The van der Waals surface area contributed by atoms with Crippen LogP contribution >= 0.6 is 11.6 Å². The molecule has 0 fully saturated rings. The van der Waals surface area contributed by atoms with E-state index in [4.69, 9.17) is 11.6 Å². The van der Waals surface area contributed by atoms with Gasteiger partial charge in [0.2, 0.25) is 5.91 Å². The fourth-order valence-corrected chi connectivity index (χ4v) is 1.95. The zero-order chi connectivity index (χ0) is 13.5. The normalized spacial score (nSPS) is 11.8. The monoisotopic (exact) mass is 274 g/mol. The van der Waals surface area contributed by atoms with Gasteiger partial charge in [-0.1, -0.05) is 36.4 Å². The predicted octanol–water partition coefficient (Wildman–Crippen LogP) is 2.72. The SMILES string of the molecule is O=C(NCCc1ccccn1)C(Cl)c1ccccc1. The van der Waals surface area contributed by atoms with Crippen molar-refractivity contribution in [3.8, 4) is 0 Å². The third-order valence-electron chi connectivity index (χ3n) is 2.73. The summed E-state index contributed by atoms with van der Waals surface area (Å²) >= 11 is 6.11. The molecular weight excluding hydrogens is 260 g/mol. The highest BCUT2D eigenvalue weighted by Gasteiger charge is 2.16. The van der Waals surface area contributed by atoms with E-state index in [9.17, 15) is 4.79 Å². The maximum absolute atomic E-state index is 11.9. The van der Waals surface area contributed by atoms with Crippen molar-refractivity contribution in [1.29, 1.82) is 0 Å². The Morgan fingerprint density at radius 1 is 1.16 bits per heavy atom. The number of carbonyl (C=O) groups is 1. The van der Waals surface area contributed by atoms with E-state index in [0.29, 0.717) is 13.0 Å². The summed E-state index contributed by atoms with van der Waals surface area (Å²) in [7, 11) is 0. The molecule has 98 valence electrons. The largest absolute Gasteiger partial charge is 0.354 e. The molecule has 3 nitrogen and oxygen atoms in total. The Labute approximate surface area is 117 Å². The smallest absolute Gasteiger partial charge is 0.242 e. The van der Waals surface area contributed by atoms with E-state index in [-0.39, 0.29) is 5.91 Å². The minimum atomic E-state index is -0.648. The van der Waals surface area contributed by atoms with Crippen molar-refractivity contribution < 1.29 is 4.79 Å². The van der Waals surface area contributed by atoms with Gasteiger partial charge in [0.15, 0.2) is 0 Å². The zero-order valence-electron chi connectivity index (χ0n) is 10.4. The zero-order valence-corrected chi connectivity index (χ0v) is 11.2. The van der Waals surface area contributed by atoms with Crippen LogP contribution in [0.5, 0.6) is 0 Å². The van der Waals surface area contributed by atoms with Crippen LogP contribution in [0.3, 0.4) is 0 Å². The molecule has 0 aliphatic carbocycles. The molecular formula is C15H15ClN2O. The second-order valence-electron chi connectivity index (χ2n) is 4.14. The topological polar surface area (TPSA) is 42.0 Å². The van der Waals surface area contributed by atoms with Gasteiger partial charge in [0.1, 0.15) is 5.38 Å². The summed E-state index contributed by atoms with van der Waals surface area (Å²) in [5.41, 5.74) is 1.76. The summed E-state index contributed by atoms with van der Waals surface area (Å²) in [4.78, 5) is 16.1. The van der Waals surface area contributed by atoms with E-state index in [1.165, 1.54) is 0 Å². The Kier molecular flexibility index (Phi) is 4.93. The van der Waals surface area contributed by atoms with Crippen molar-refractivity contribution in [1.82, 2.24) is 10.3 Å². The van der Waals surface area contributed by atoms with Crippen molar-refractivity contribution >= 4 is 17.5 Å². The molecule has 0 saturated carbocycles. The van der Waals surface area contributed by atoms with Crippen LogP contribution in [0.1, 0.15) is 16.6 Å². The summed E-state index contributed by atoms with van der Waals surface area (Å²) in [5.74, 6) is -0.177. The Morgan fingerprint density at radius 2 is 1.89 bits per heavy atom. The van der Waals surface area contributed by atoms with Gasteiger partial charge in [-0.25, -0.2) is 0 Å². The molecule has 1 heterocycles. The van der Waals surface area contributed by atoms with Crippen LogP contribution in [0.4, 0.5) is 0 Å². The molecule has 0 saturated heterocycles. The Balaban J connectivity index is 1.82. The van der Waals surface area contributed by atoms with E-state index < -0.39 is 5.38 Å². The van der Waals surface area contributed by atoms with Crippen molar-refractivity contribution in [2.75, 3.05) is 6.54 Å². The van der Waals surface area contributed by atoms with Gasteiger partial charge >= 0.3 is 0 Å². The van der Waals surface area contributed by atoms with Gasteiger partial charge in [0, 0.05) is 24.9 Å². The highest BCUT2D eigenvalue weighted by molar-refractivity contribution is 6.30. The van der Waals surface area contributed by atoms with Gasteiger partial charge in [0.25, 0.3) is 0 Å². The molecule has 0 spiro atoms. The first-order valence-corrected chi connectivity index (χ1v) is 6.57. The average Bonchev–Trinajstić information content (AvgIpc) is 2.48. The van der Waals surface area contributed by atoms with Crippen LogP contribution in [-0.2, 0) is 11.2 Å². The number of carbonyl (C=O) groups excluding carboxylic acids is 1. The molecule has 1 unspecified atom stereocenters. The van der Waals surface area contributed by atoms with Gasteiger partial charge in [-0.15, -0.1) is 11.6 Å². The number of benzene rings is 1. The summed E-state index contributed by atoms with van der Waals surface area (Å²) in [6.07, 6.45) is 2.44. The Hall–Kier alpha value is -1.87. The van der Waals surface area contributed by atoms with E-state index in [2.05, 4.69) is 10.3 Å². The molecule has 1 atom stereocenters. The molecule has 0 radical (unpaired) electrons. The van der Waals surface area contributed by atoms with Gasteiger partial charge in [-0.3, -0.25) is 9.78 Å². The molecule has 1 amide bonds. The number of rotatable bonds is 5. The van der Waals surface area contributed by atoms with Gasteiger partial charge < -0.3 is 5.32 Å². The first-order valence-electron chi connectivity index (χ1n) is 6.14. The molecule has 0 aliphatic rings. The number of hydrogen-bond donors (Lipinski definition) is 1. The summed E-state index contributed by atoms with van der Waals surface area (Å²) in [6, 6.07) is 15.0. The fraction of sp³-hybridized carbons (Fsp3) is 0.200. The highest BCUT2D eigenvalue weighted by atomic mass is 35.5. The van der Waals surface area contributed by atoms with E-state index in [0.717, 1.165) is 11.3 Å². The van der Waals surface area contributed by atoms with E-state index >= 15 is 0 Å². The van der Waals surface area contributed by atoms with Crippen LogP contribution in [0.2, 0.25) is 0 Å². The minimum Gasteiger partial charge on any atom is -0.354 e. The first kappa shape index (κ1) is 13.6. The summed E-state index contributed by atoms with van der Waals surface area (Å²) in [5, 5.41) is 2.17. The maximum Gasteiger partial charge on any atom is 0.242 e. The molecule has 1 aromatic heterocycles. The molecule has 1 N–H and O–H groups in total. The van der Waals surface area contributed by atoms with Crippen LogP contribution in [0, 0.1) is 0 Å². The minimum absolute atomic E-state index is 0.177. The number of nitrogens with zero attached hydrogens (tertiary/aromatic N) is 1. The van der Waals surface area contributed by atoms with Gasteiger partial charge in [-0.05, 0) is 17.7 Å². The summed E-state index contributed by atoms with van der Waals surface area (Å²) < 4.78 is 0. The molecule has 4 heteroatoms. The molecule has 2 rings (SSSR count). The van der Waals surface area contributed by atoms with Gasteiger partial charge in [-0.2, -0.15) is 0 Å². The lowest BCUT2D eigenvalue weighted by Gasteiger charge is -2.10. The summed E-state index contributed by atoms with van der Waals surface area (Å²) in [6.45, 7) is 0.534. The Bertz CT molecular complexity index is 516. The number of hydrogen-bond acceptors (Lipinski definition) is 2. The Morgan fingerprint density at radius 3 is 2.58 bits per heavy atom. The van der Waals surface area contributed by atoms with E-state index in [1.807, 2.05) is 48.5 Å². The quantitative estimate of drug-likeness (QED) is 0.852. The third kappa shape index (κ3) is 4.07. The van der Waals surface area contributed by atoms with Crippen LogP contribution in [0.15, 0.2) is 54.7 Å². The van der Waals surface area contributed by atoms with Gasteiger partial charge in [0.05, 0.1) is 0 Å². The van der Waals surface area contributed by atoms with Crippen molar-refractivity contribution in [3.63, 3.8) is 0 Å². The van der Waals surface area contributed by atoms with Crippen LogP contribution < -0.4 is 5.32 Å². The maximum atomic E-state index is 11.9.